The van der Waals surface area contributed by atoms with Crippen LogP contribution in [0.1, 0.15) is 97.0 Å². The van der Waals surface area contributed by atoms with Gasteiger partial charge in [-0.3, -0.25) is 14.8 Å². The van der Waals surface area contributed by atoms with Crippen LogP contribution in [0, 0.1) is 5.41 Å². The molecule has 2 unspecified atom stereocenters. The summed E-state index contributed by atoms with van der Waals surface area (Å²) in [7, 11) is 0. The molecule has 0 N–H and O–H groups in total. The van der Waals surface area contributed by atoms with Crippen molar-refractivity contribution in [1.29, 1.82) is 0 Å². The van der Waals surface area contributed by atoms with Crippen LogP contribution in [0.5, 0.6) is 11.5 Å². The molecular formula is C53H67N3O4. The van der Waals surface area contributed by atoms with E-state index >= 15 is 0 Å². The molecule has 60 heavy (non-hydrogen) atoms. The van der Waals surface area contributed by atoms with E-state index in [1.807, 2.05) is 12.3 Å². The minimum atomic E-state index is -0.0983. The average Bonchev–Trinajstić information content (AvgIpc) is 3.26. The summed E-state index contributed by atoms with van der Waals surface area (Å²) >= 11 is 0. The van der Waals surface area contributed by atoms with Crippen molar-refractivity contribution in [2.24, 2.45) is 5.41 Å². The molecule has 2 atom stereocenters. The van der Waals surface area contributed by atoms with Crippen molar-refractivity contribution in [3.05, 3.63) is 160 Å². The molecule has 3 heterocycles. The molecule has 0 bridgehead atoms. The Morgan fingerprint density at radius 3 is 1.82 bits per heavy atom. The van der Waals surface area contributed by atoms with Crippen molar-refractivity contribution in [3.63, 3.8) is 0 Å². The number of hydrogen-bond acceptors (Lipinski definition) is 7. The summed E-state index contributed by atoms with van der Waals surface area (Å²) in [6.07, 6.45) is 4.31. The van der Waals surface area contributed by atoms with Gasteiger partial charge in [0.25, 0.3) is 0 Å². The zero-order chi connectivity index (χ0) is 41.7. The predicted molar refractivity (Wildman–Crippen MR) is 244 cm³/mol. The maximum Gasteiger partial charge on any atom is 0.126 e. The van der Waals surface area contributed by atoms with Crippen molar-refractivity contribution >= 4 is 0 Å². The molecule has 2 fully saturated rings. The molecule has 7 heteroatoms. The van der Waals surface area contributed by atoms with Crippen LogP contribution in [0.3, 0.4) is 0 Å². The number of benzene rings is 4. The zero-order valence-corrected chi connectivity index (χ0v) is 36.8. The Morgan fingerprint density at radius 1 is 0.667 bits per heavy atom. The molecular weight excluding hydrogens is 743 g/mol. The Labute approximate surface area is 360 Å². The summed E-state index contributed by atoms with van der Waals surface area (Å²) in [5.74, 6) is 2.48. The smallest absolute Gasteiger partial charge is 0.126 e. The van der Waals surface area contributed by atoms with Crippen LogP contribution < -0.4 is 9.47 Å². The second kappa shape index (κ2) is 21.3. The number of rotatable bonds is 18. The molecule has 2 aliphatic rings. The zero-order valence-electron chi connectivity index (χ0n) is 36.8. The molecule has 0 saturated carbocycles. The summed E-state index contributed by atoms with van der Waals surface area (Å²) in [5, 5.41) is 0. The summed E-state index contributed by atoms with van der Waals surface area (Å²) in [4.78, 5) is 9.92. The maximum atomic E-state index is 7.14. The minimum Gasteiger partial charge on any atom is -0.492 e. The lowest BCUT2D eigenvalue weighted by Gasteiger charge is -2.41. The number of morpholine rings is 2. The fourth-order valence-corrected chi connectivity index (χ4v) is 9.33. The van der Waals surface area contributed by atoms with Gasteiger partial charge >= 0.3 is 0 Å². The van der Waals surface area contributed by atoms with Crippen molar-refractivity contribution < 1.29 is 18.9 Å². The van der Waals surface area contributed by atoms with Gasteiger partial charge in [0.2, 0.25) is 0 Å². The first-order chi connectivity index (χ1) is 29.2. The normalized spacial score (nSPS) is 16.4. The van der Waals surface area contributed by atoms with Gasteiger partial charge in [0.05, 0.1) is 26.4 Å². The van der Waals surface area contributed by atoms with Crippen LogP contribution in [-0.4, -0.2) is 93.7 Å². The van der Waals surface area contributed by atoms with E-state index < -0.39 is 0 Å². The van der Waals surface area contributed by atoms with E-state index in [-0.39, 0.29) is 23.2 Å². The highest BCUT2D eigenvalue weighted by Crippen LogP contribution is 2.51. The summed E-state index contributed by atoms with van der Waals surface area (Å²) < 4.78 is 24.8. The Hall–Kier alpha value is -4.53. The molecule has 7 rings (SSSR count). The fraction of sp³-hybridized carbons (Fsp3) is 0.453. The van der Waals surface area contributed by atoms with E-state index in [4.69, 9.17) is 23.9 Å². The lowest BCUT2D eigenvalue weighted by Crippen LogP contribution is -2.38. The van der Waals surface area contributed by atoms with Crippen LogP contribution in [0.4, 0.5) is 0 Å². The van der Waals surface area contributed by atoms with E-state index in [1.165, 1.54) is 38.9 Å². The first-order valence-electron chi connectivity index (χ1n) is 22.3. The van der Waals surface area contributed by atoms with Crippen molar-refractivity contribution in [2.45, 2.75) is 71.6 Å². The van der Waals surface area contributed by atoms with E-state index in [0.717, 1.165) is 95.7 Å². The fourth-order valence-electron chi connectivity index (χ4n) is 9.33. The summed E-state index contributed by atoms with van der Waals surface area (Å²) in [6, 6.07) is 39.9. The van der Waals surface area contributed by atoms with Crippen LogP contribution in [0.15, 0.2) is 115 Å². The molecule has 2 saturated heterocycles. The highest BCUT2D eigenvalue weighted by atomic mass is 16.5. The lowest BCUT2D eigenvalue weighted by atomic mass is 9.63. The summed E-state index contributed by atoms with van der Waals surface area (Å²) in [6.45, 7) is 21.9. The van der Waals surface area contributed by atoms with Gasteiger partial charge in [-0.05, 0) is 69.0 Å². The quantitative estimate of drug-likeness (QED) is 0.0874. The topological polar surface area (TPSA) is 56.3 Å². The molecule has 4 aromatic carbocycles. The van der Waals surface area contributed by atoms with Gasteiger partial charge in [0.15, 0.2) is 0 Å². The van der Waals surface area contributed by atoms with Gasteiger partial charge in [-0.1, -0.05) is 132 Å². The average molecular weight is 810 g/mol. The molecule has 318 valence electrons. The van der Waals surface area contributed by atoms with Crippen LogP contribution in [-0.2, 0) is 28.7 Å². The van der Waals surface area contributed by atoms with Gasteiger partial charge in [-0.15, -0.1) is 0 Å². The van der Waals surface area contributed by atoms with Gasteiger partial charge in [-0.25, -0.2) is 0 Å². The molecule has 2 aliphatic heterocycles. The molecule has 1 aromatic heterocycles. The standard InChI is InChI=1S/C53H67N3O4/c1-40(2)50-48(39-45-38-46(21-22-54-45)59-33-27-55-23-29-57-30-24-55)49(51(53(3,4)5)47(43-19-13-8-14-20-43)36-42-17-11-7-12-18-42)37-44(35-41-15-9-6-10-16-41)52(50)60-34-28-56-25-31-58-32-26-56/h6-22,37-38,40,47,51H,23-36,39H2,1-5H3. The van der Waals surface area contributed by atoms with Crippen LogP contribution in [0.2, 0.25) is 0 Å². The molecule has 5 aromatic rings. The van der Waals surface area contributed by atoms with Crippen molar-refractivity contribution in [2.75, 3.05) is 78.9 Å². The van der Waals surface area contributed by atoms with Crippen molar-refractivity contribution in [1.82, 2.24) is 14.8 Å². The number of hydrogen-bond donors (Lipinski definition) is 0. The van der Waals surface area contributed by atoms with Crippen LogP contribution >= 0.6 is 0 Å². The Kier molecular flexibility index (Phi) is 15.5. The maximum absolute atomic E-state index is 7.14. The van der Waals surface area contributed by atoms with E-state index in [0.29, 0.717) is 19.6 Å². The summed E-state index contributed by atoms with van der Waals surface area (Å²) in [5.41, 5.74) is 10.2. The molecule has 7 nitrogen and oxygen atoms in total. The molecule has 0 spiro atoms. The van der Waals surface area contributed by atoms with E-state index in [9.17, 15) is 0 Å². The van der Waals surface area contributed by atoms with Crippen LogP contribution in [0.25, 0.3) is 0 Å². The third-order valence-electron chi connectivity index (χ3n) is 12.2. The van der Waals surface area contributed by atoms with E-state index in [1.54, 1.807) is 0 Å². The minimum absolute atomic E-state index is 0.0983. The van der Waals surface area contributed by atoms with E-state index in [2.05, 4.69) is 148 Å². The molecule has 0 radical (unpaired) electrons. The Bertz CT molecular complexity index is 2040. The van der Waals surface area contributed by atoms with Gasteiger partial charge < -0.3 is 18.9 Å². The number of nitrogens with zero attached hydrogens (tertiary/aromatic N) is 3. The first kappa shape index (κ1) is 43.6. The first-order valence-corrected chi connectivity index (χ1v) is 22.3. The Balaban J connectivity index is 1.37. The third-order valence-corrected chi connectivity index (χ3v) is 12.2. The van der Waals surface area contributed by atoms with Gasteiger partial charge in [0.1, 0.15) is 24.7 Å². The molecule has 0 amide bonds. The van der Waals surface area contributed by atoms with Crippen molar-refractivity contribution in [3.8, 4) is 11.5 Å². The number of ether oxygens (including phenoxy) is 4. The largest absolute Gasteiger partial charge is 0.492 e. The monoisotopic (exact) mass is 810 g/mol. The second-order valence-electron chi connectivity index (χ2n) is 18.0. The Morgan fingerprint density at radius 2 is 1.23 bits per heavy atom. The van der Waals surface area contributed by atoms with Gasteiger partial charge in [0, 0.05) is 75.6 Å². The predicted octanol–water partition coefficient (Wildman–Crippen LogP) is 9.96. The highest BCUT2D eigenvalue weighted by Gasteiger charge is 2.38. The number of aromatic nitrogens is 1. The number of pyridine rings is 1. The third kappa shape index (κ3) is 11.8. The lowest BCUT2D eigenvalue weighted by molar-refractivity contribution is 0.0321. The SMILES string of the molecule is CC(C)c1c(Cc2cc(OCCN3CCOCC3)ccn2)c(C(C(Cc2ccccc2)c2ccccc2)C(C)(C)C)cc(Cc2ccccc2)c1OCCN1CCOCC1. The van der Waals surface area contributed by atoms with Gasteiger partial charge in [-0.2, -0.15) is 0 Å². The second-order valence-corrected chi connectivity index (χ2v) is 18.0. The molecule has 0 aliphatic carbocycles. The highest BCUT2D eigenvalue weighted by molar-refractivity contribution is 5.57.